The highest BCUT2D eigenvalue weighted by atomic mass is 16.7. The molecule has 3 heterocycles. The molecule has 0 aromatic rings. The Morgan fingerprint density at radius 3 is 2.08 bits per heavy atom. The maximum absolute atomic E-state index is 14.4. The van der Waals surface area contributed by atoms with Crippen LogP contribution in [0, 0.1) is 23.7 Å². The predicted octanol–water partition coefficient (Wildman–Crippen LogP) is 4.12. The van der Waals surface area contributed by atoms with Crippen LogP contribution in [-0.2, 0) is 38.1 Å². The molecule has 16 heteroatoms. The van der Waals surface area contributed by atoms with Crippen molar-refractivity contribution in [3.63, 3.8) is 0 Å². The molecule has 3 fully saturated rings. The van der Waals surface area contributed by atoms with Gasteiger partial charge in [-0.05, 0) is 94.1 Å². The second-order valence-corrected chi connectivity index (χ2v) is 18.8. The monoisotopic (exact) mass is 890 g/mol. The van der Waals surface area contributed by atoms with Crippen LogP contribution in [0.2, 0.25) is 0 Å². The highest BCUT2D eigenvalue weighted by Crippen LogP contribution is 2.41. The van der Waals surface area contributed by atoms with Crippen LogP contribution < -0.4 is 0 Å². The molecule has 0 aromatic heterocycles. The average Bonchev–Trinajstić information content (AvgIpc) is 3.20. The van der Waals surface area contributed by atoms with E-state index in [1.54, 1.807) is 48.5 Å². The van der Waals surface area contributed by atoms with Gasteiger partial charge in [-0.25, -0.2) is 0 Å². The first-order valence-corrected chi connectivity index (χ1v) is 22.5. The van der Waals surface area contributed by atoms with Gasteiger partial charge in [0.15, 0.2) is 12.6 Å². The van der Waals surface area contributed by atoms with Crippen LogP contribution in [0.1, 0.15) is 116 Å². The summed E-state index contributed by atoms with van der Waals surface area (Å²) in [6.45, 7) is 24.1. The van der Waals surface area contributed by atoms with Crippen LogP contribution in [0.3, 0.4) is 0 Å². The van der Waals surface area contributed by atoms with Crippen molar-refractivity contribution in [2.45, 2.75) is 200 Å². The fraction of sp³-hybridized carbons (Fsp3) is 0.913. The molecule has 0 aliphatic carbocycles. The molecule has 3 aliphatic heterocycles. The summed E-state index contributed by atoms with van der Waals surface area (Å²) in [6, 6.07) is -0.319. The second-order valence-electron chi connectivity index (χ2n) is 18.8. The molecule has 3 saturated heterocycles. The fourth-order valence-corrected chi connectivity index (χ4v) is 9.52. The van der Waals surface area contributed by atoms with Gasteiger partial charge in [0.25, 0.3) is 0 Å². The molecule has 16 nitrogen and oxygen atoms in total. The van der Waals surface area contributed by atoms with Gasteiger partial charge < -0.3 is 68.6 Å². The lowest BCUT2D eigenvalue weighted by Gasteiger charge is -2.49. The lowest BCUT2D eigenvalue weighted by Crippen LogP contribution is -2.61. The molecule has 0 radical (unpaired) electrons. The van der Waals surface area contributed by atoms with Crippen LogP contribution in [0.4, 0.5) is 0 Å². The Kier molecular flexibility index (Phi) is 21.9. The van der Waals surface area contributed by atoms with Gasteiger partial charge >= 0.3 is 5.97 Å². The van der Waals surface area contributed by atoms with E-state index in [4.69, 9.17) is 33.3 Å². The lowest BCUT2D eigenvalue weighted by molar-refractivity contribution is -0.317. The van der Waals surface area contributed by atoms with Gasteiger partial charge in [-0.2, -0.15) is 0 Å². The third-order valence-corrected chi connectivity index (χ3v) is 13.6. The number of methoxy groups -OCH3 is 1. The van der Waals surface area contributed by atoms with Crippen molar-refractivity contribution in [1.29, 1.82) is 0 Å². The van der Waals surface area contributed by atoms with Crippen LogP contribution in [0.5, 0.6) is 0 Å². The summed E-state index contributed by atoms with van der Waals surface area (Å²) in [5.74, 6) is -4.01. The maximum Gasteiger partial charge on any atom is 0.311 e. The molecule has 8 unspecified atom stereocenters. The van der Waals surface area contributed by atoms with Crippen molar-refractivity contribution in [3.05, 3.63) is 12.2 Å². The Bertz CT molecular complexity index is 1410. The number of ether oxygens (including phenoxy) is 6. The number of esters is 1. The first-order chi connectivity index (χ1) is 28.4. The molecule has 0 spiro atoms. The minimum Gasteiger partial charge on any atom is -0.459 e. The standard InChI is InChI=1S/C45H83N3O13.CH4/c1-16-33-45(12,54)38(50)28(6)35(46-56-22-20-19-21-48(17-2)18-3)26(4)24-43(10,53)40(61-42-36(49)32(47(13)14)23-27(5)57-42)29(7)37(30(8)41(52)59-33)60-34-25-44(11,55-15)39(51)31(9)58-34;/h19-20,26-34,36-40,42,49-51,53-54H,16-18,21-25H2,1-15H3;1H4/b20-19+,46-35?;/t26-,27?,28+,29+,30-,31?,32?,33-,34?,36?,37+,38-,39?,40-,42?,43-,44?,45-;/m1./s1. The number of hydrogen-bond donors (Lipinski definition) is 5. The highest BCUT2D eigenvalue weighted by Gasteiger charge is 2.53. The van der Waals surface area contributed by atoms with Crippen molar-refractivity contribution in [3.8, 4) is 0 Å². The van der Waals surface area contributed by atoms with Gasteiger partial charge in [0.1, 0.15) is 30.5 Å². The molecule has 0 amide bonds. The van der Waals surface area contributed by atoms with E-state index in [1.807, 2.05) is 45.0 Å². The van der Waals surface area contributed by atoms with Crippen molar-refractivity contribution >= 4 is 11.7 Å². The van der Waals surface area contributed by atoms with Gasteiger partial charge in [0.2, 0.25) is 0 Å². The van der Waals surface area contributed by atoms with Crippen molar-refractivity contribution in [2.75, 3.05) is 47.4 Å². The van der Waals surface area contributed by atoms with Gasteiger partial charge in [-0.15, -0.1) is 0 Å². The molecule has 0 bridgehead atoms. The average molecular weight is 890 g/mol. The molecule has 0 saturated carbocycles. The molecule has 364 valence electrons. The Labute approximate surface area is 373 Å². The number of rotatable bonds is 14. The third kappa shape index (κ3) is 13.6. The SMILES string of the molecule is C.CC[C@H]1OC(=O)[C@H](C)[C@@H](OC2CC(C)(OC)C(O)C(C)O2)[C@H](C)[C@@H](OC2OC(C)CC(N(C)C)C2O)[C@](C)(O)C[C@@H](C)C(=NOC/C=C/CN(CC)CC)[C@H](C)[C@@H](O)[C@]1(C)O. The first kappa shape index (κ1) is 56.3. The van der Waals surface area contributed by atoms with E-state index in [-0.39, 0.29) is 45.4 Å². The van der Waals surface area contributed by atoms with Crippen molar-refractivity contribution in [2.24, 2.45) is 28.8 Å². The van der Waals surface area contributed by atoms with Gasteiger partial charge in [0, 0.05) is 43.9 Å². The Morgan fingerprint density at radius 1 is 0.887 bits per heavy atom. The molecular formula is C46H87N3O13. The molecule has 3 rings (SSSR count). The summed E-state index contributed by atoms with van der Waals surface area (Å²) >= 11 is 0. The lowest BCUT2D eigenvalue weighted by atomic mass is 9.73. The number of hydrogen-bond acceptors (Lipinski definition) is 16. The van der Waals surface area contributed by atoms with Gasteiger partial charge in [-0.3, -0.25) is 4.79 Å². The largest absolute Gasteiger partial charge is 0.459 e. The molecule has 62 heavy (non-hydrogen) atoms. The van der Waals surface area contributed by atoms with E-state index >= 15 is 0 Å². The topological polar surface area (TPSA) is 202 Å². The highest BCUT2D eigenvalue weighted by molar-refractivity contribution is 5.88. The van der Waals surface area contributed by atoms with E-state index in [0.29, 0.717) is 12.1 Å². The van der Waals surface area contributed by atoms with Crippen LogP contribution >= 0.6 is 0 Å². The molecular weight excluding hydrogens is 803 g/mol. The second kappa shape index (κ2) is 24.1. The summed E-state index contributed by atoms with van der Waals surface area (Å²) < 4.78 is 37.9. The summed E-state index contributed by atoms with van der Waals surface area (Å²) in [4.78, 5) is 24.4. The number of cyclic esters (lactones) is 1. The molecule has 3 aliphatic rings. The Balaban J connectivity index is 0.0000132. The number of nitrogens with zero attached hydrogens (tertiary/aromatic N) is 3. The molecule has 18 atom stereocenters. The summed E-state index contributed by atoms with van der Waals surface area (Å²) in [6.07, 6.45) is -5.42. The number of likely N-dealkylation sites (N-methyl/N-ethyl adjacent to an activating group) is 2. The summed E-state index contributed by atoms with van der Waals surface area (Å²) in [7, 11) is 5.25. The van der Waals surface area contributed by atoms with Gasteiger partial charge in [-0.1, -0.05) is 60.2 Å². The third-order valence-electron chi connectivity index (χ3n) is 13.6. The summed E-state index contributed by atoms with van der Waals surface area (Å²) in [5, 5.41) is 64.1. The van der Waals surface area contributed by atoms with Crippen LogP contribution in [0.15, 0.2) is 17.3 Å². The first-order valence-electron chi connectivity index (χ1n) is 22.5. The maximum atomic E-state index is 14.4. The smallest absolute Gasteiger partial charge is 0.311 e. The quantitative estimate of drug-likeness (QED) is 0.0721. The Morgan fingerprint density at radius 2 is 1.52 bits per heavy atom. The summed E-state index contributed by atoms with van der Waals surface area (Å²) in [5.41, 5.74) is -4.37. The zero-order chi connectivity index (χ0) is 46.2. The molecule has 0 aromatic carbocycles. The normalized spacial score (nSPS) is 43.7. The predicted molar refractivity (Wildman–Crippen MR) is 238 cm³/mol. The van der Waals surface area contributed by atoms with Crippen molar-refractivity contribution < 1.29 is 63.6 Å². The zero-order valence-electron chi connectivity index (χ0n) is 39.8. The fourth-order valence-electron chi connectivity index (χ4n) is 9.52. The minimum absolute atomic E-state index is 0. The molecule has 5 N–H and O–H groups in total. The van der Waals surface area contributed by atoms with E-state index in [1.165, 1.54) is 14.0 Å². The number of carbonyl (C=O) groups excluding carboxylic acids is 1. The van der Waals surface area contributed by atoms with E-state index in [9.17, 15) is 30.3 Å². The minimum atomic E-state index is -1.94. The number of carbonyl (C=O) groups is 1. The zero-order valence-corrected chi connectivity index (χ0v) is 39.8. The van der Waals surface area contributed by atoms with E-state index in [0.717, 1.165) is 19.6 Å². The van der Waals surface area contributed by atoms with Crippen LogP contribution in [0.25, 0.3) is 0 Å². The number of aliphatic hydroxyl groups is 5. The number of oxime groups is 1. The van der Waals surface area contributed by atoms with Crippen molar-refractivity contribution in [1.82, 2.24) is 9.80 Å². The Hall–Kier alpha value is -1.80. The number of aliphatic hydroxyl groups excluding tert-OH is 3. The van der Waals surface area contributed by atoms with Gasteiger partial charge in [0.05, 0.1) is 53.4 Å². The van der Waals surface area contributed by atoms with E-state index < -0.39 is 102 Å². The van der Waals surface area contributed by atoms with Crippen LogP contribution in [-0.4, -0.2) is 179 Å². The van der Waals surface area contributed by atoms with E-state index in [2.05, 4.69) is 23.9 Å².